The molecule has 2 fully saturated rings. The number of phosphoric acid groups is 1. The lowest BCUT2D eigenvalue weighted by atomic mass is 9.80. The minimum atomic E-state index is -6.22. The molecule has 4 heterocycles. The first kappa shape index (κ1) is 62.1. The maximum Gasteiger partial charge on any atom is 0.476 e. The quantitative estimate of drug-likeness (QED) is 0.0179. The van der Waals surface area contributed by atoms with E-state index in [-0.39, 0.29) is 30.1 Å². The Kier molecular flexibility index (Phi) is 22.1. The summed E-state index contributed by atoms with van der Waals surface area (Å²) < 4.78 is 161. The van der Waals surface area contributed by atoms with Gasteiger partial charge in [0, 0.05) is 18.1 Å². The zero-order valence-corrected chi connectivity index (χ0v) is 46.3. The molecule has 28 heteroatoms. The molecule has 0 bridgehead atoms. The van der Waals surface area contributed by atoms with Crippen molar-refractivity contribution in [2.24, 2.45) is 0 Å². The number of benzene rings is 3. The van der Waals surface area contributed by atoms with Crippen LogP contribution in [0.4, 0.5) is 41.9 Å². The van der Waals surface area contributed by atoms with Crippen molar-refractivity contribution in [2.45, 2.75) is 120 Å². The zero-order valence-electron chi connectivity index (χ0n) is 43.8. The van der Waals surface area contributed by atoms with Gasteiger partial charge in [-0.1, -0.05) is 93.0 Å². The lowest BCUT2D eigenvalue weighted by Crippen LogP contribution is -2.45. The molecule has 2 aromatic heterocycles. The van der Waals surface area contributed by atoms with E-state index in [2.05, 4.69) is 24.8 Å². The normalized spacial score (nSPS) is 19.6. The Morgan fingerprint density at radius 3 is 2.06 bits per heavy atom. The number of fused-ring (bicyclic) bond motifs is 1. The van der Waals surface area contributed by atoms with Crippen LogP contribution in [0.5, 0.6) is 17.4 Å². The van der Waals surface area contributed by atoms with Crippen LogP contribution < -0.4 is 19.5 Å². The van der Waals surface area contributed by atoms with Crippen molar-refractivity contribution in [3.8, 4) is 23.4 Å². The number of carbonyl (C=O) groups is 2. The van der Waals surface area contributed by atoms with E-state index in [0.29, 0.717) is 65.4 Å². The minimum Gasteiger partial charge on any atom is -0.497 e. The number of thioether (sulfide) groups is 2. The number of methoxy groups -OCH3 is 2. The van der Waals surface area contributed by atoms with Crippen LogP contribution in [0.25, 0.3) is 11.2 Å². The third-order valence-electron chi connectivity index (χ3n) is 12.4. The van der Waals surface area contributed by atoms with Crippen LogP contribution in [-0.2, 0) is 42.7 Å². The number of imidazole rings is 1. The van der Waals surface area contributed by atoms with E-state index < -0.39 is 98.8 Å². The molecule has 3 aromatic carbocycles. The highest BCUT2D eigenvalue weighted by Gasteiger charge is 2.63. The van der Waals surface area contributed by atoms with Gasteiger partial charge in [-0.15, -0.1) is 0 Å². The predicted molar refractivity (Wildman–Crippen MR) is 281 cm³/mol. The molecule has 19 nitrogen and oxygen atoms in total. The maximum absolute atomic E-state index is 14.9. The highest BCUT2D eigenvalue weighted by Crippen LogP contribution is 2.58. The first-order chi connectivity index (χ1) is 38.4. The molecule has 7 rings (SSSR count). The lowest BCUT2D eigenvalue weighted by molar-refractivity contribution is -0.304. The van der Waals surface area contributed by atoms with Gasteiger partial charge in [-0.2, -0.15) is 41.6 Å². The molecule has 2 unspecified atom stereocenters. The maximum atomic E-state index is 14.9. The minimum absolute atomic E-state index is 0.160. The summed E-state index contributed by atoms with van der Waals surface area (Å²) in [5.41, 5.74) is -0.576. The number of carbonyl (C=O) groups excluding carboxylic acids is 2. The average molecular weight is 1190 g/mol. The monoisotopic (exact) mass is 1180 g/mol. The number of hydrogen-bond acceptors (Lipinski definition) is 19. The van der Waals surface area contributed by atoms with E-state index in [0.717, 1.165) is 42.7 Å². The Morgan fingerprint density at radius 1 is 0.863 bits per heavy atom. The number of phosphoric ester groups is 1. The van der Waals surface area contributed by atoms with E-state index in [1.807, 2.05) is 13.8 Å². The molecule has 6 atom stereocenters. The van der Waals surface area contributed by atoms with Gasteiger partial charge in [-0.05, 0) is 84.8 Å². The van der Waals surface area contributed by atoms with E-state index in [9.17, 15) is 45.8 Å². The number of nitriles is 1. The molecule has 5 aromatic rings. The molecule has 80 heavy (non-hydrogen) atoms. The molecule has 0 spiro atoms. The van der Waals surface area contributed by atoms with E-state index in [1.165, 1.54) is 18.8 Å². The Hall–Kier alpha value is -5.53. The van der Waals surface area contributed by atoms with Crippen LogP contribution in [0, 0.1) is 11.3 Å². The van der Waals surface area contributed by atoms with Crippen LogP contribution in [-0.4, -0.2) is 119 Å². The number of ether oxygens (including phenoxy) is 7. The van der Waals surface area contributed by atoms with Crippen LogP contribution >= 0.6 is 31.3 Å². The van der Waals surface area contributed by atoms with E-state index in [1.54, 1.807) is 84.9 Å². The standard InChI is InChI=1S/C52H59F6N6O13PS2/c1-5-7-29-79-48(65)63-47-61-43-40(44(62-47)75-49(66)80-30-8-6-2)60-32-64(43)45-42(74-39-17-12-13-27-70-39)41(76-78(67,72-28-14-26-59)77-46(51(53,54)55)52(56,57)58)38(73-45)31-71-50(33-15-10-9-11-16-33,34-18-22-36(68-3)23-19-34)35-20-24-37(69-4)25-21-35/h9-11,15-16,18-25,32,38-39,41-42,45-46H,5-8,12-14,17,27-31H2,1-4H3,(H,61,62,63,65)/t38-,39?,41-,42-,45-,78?/m1/s1. The summed E-state index contributed by atoms with van der Waals surface area (Å²) in [6.07, 6.45) is -20.9. The topological polar surface area (TPSA) is 223 Å². The van der Waals surface area contributed by atoms with Crippen LogP contribution in [0.15, 0.2) is 85.2 Å². The molecule has 0 aliphatic carbocycles. The fourth-order valence-corrected chi connectivity index (χ4v) is 11.6. The summed E-state index contributed by atoms with van der Waals surface area (Å²) >= 11 is 1.79. The average Bonchev–Trinajstić information content (AvgIpc) is 4.01. The predicted octanol–water partition coefficient (Wildman–Crippen LogP) is 12.7. The summed E-state index contributed by atoms with van der Waals surface area (Å²) in [4.78, 5) is 39.9. The fourth-order valence-electron chi connectivity index (χ4n) is 8.53. The fraction of sp³-hybridized carbons (Fsp3) is 0.500. The lowest BCUT2D eigenvalue weighted by Gasteiger charge is -2.37. The van der Waals surface area contributed by atoms with E-state index in [4.69, 9.17) is 42.2 Å². The molecule has 0 radical (unpaired) electrons. The highest BCUT2D eigenvalue weighted by molar-refractivity contribution is 8.14. The summed E-state index contributed by atoms with van der Waals surface area (Å²) in [5.74, 6) is 0.990. The Labute approximate surface area is 465 Å². The second kappa shape index (κ2) is 28.4. The number of nitrogens with one attached hydrogen (secondary N) is 1. The van der Waals surface area contributed by atoms with Gasteiger partial charge in [0.15, 0.2) is 23.7 Å². The zero-order chi connectivity index (χ0) is 57.5. The van der Waals surface area contributed by atoms with Crippen molar-refractivity contribution in [1.29, 1.82) is 5.26 Å². The first-order valence-electron chi connectivity index (χ1n) is 25.4. The van der Waals surface area contributed by atoms with Crippen molar-refractivity contribution in [1.82, 2.24) is 19.5 Å². The number of alkyl halides is 6. The molecule has 2 aliphatic heterocycles. The summed E-state index contributed by atoms with van der Waals surface area (Å²) in [7, 11) is -3.24. The smallest absolute Gasteiger partial charge is 0.476 e. The summed E-state index contributed by atoms with van der Waals surface area (Å²) in [5, 5.41) is 10.6. The van der Waals surface area contributed by atoms with Gasteiger partial charge in [0.2, 0.25) is 5.95 Å². The third kappa shape index (κ3) is 15.7. The number of anilines is 1. The van der Waals surface area contributed by atoms with Gasteiger partial charge in [-0.25, -0.2) is 14.3 Å². The third-order valence-corrected chi connectivity index (χ3v) is 15.6. The molecule has 2 aliphatic rings. The Balaban J connectivity index is 1.44. The Morgan fingerprint density at radius 2 is 1.49 bits per heavy atom. The molecular weight excluding hydrogens is 1130 g/mol. The molecule has 434 valence electrons. The van der Waals surface area contributed by atoms with Crippen molar-refractivity contribution < 1.29 is 87.2 Å². The van der Waals surface area contributed by atoms with Gasteiger partial charge in [0.1, 0.15) is 35.4 Å². The first-order valence-corrected chi connectivity index (χ1v) is 28.8. The van der Waals surface area contributed by atoms with Crippen LogP contribution in [0.1, 0.15) is 88.1 Å². The summed E-state index contributed by atoms with van der Waals surface area (Å²) in [6, 6.07) is 24.0. The van der Waals surface area contributed by atoms with Crippen LogP contribution in [0.3, 0.4) is 0 Å². The number of unbranched alkanes of at least 4 members (excludes halogenated alkanes) is 2. The van der Waals surface area contributed by atoms with Gasteiger partial charge in [-0.3, -0.25) is 28.2 Å². The highest BCUT2D eigenvalue weighted by atomic mass is 32.2. The van der Waals surface area contributed by atoms with Gasteiger partial charge in [0.25, 0.3) is 17.2 Å². The SMILES string of the molecule is CCCCSC(=O)Nc1nc(OC(=O)SCCCC)c2ncn([C@@H]3O[C@H](COC(c4ccccc4)(c4ccc(OC)cc4)c4ccc(OC)cc4)[C@@H](OP(=O)(OCCC#N)OC(C(F)(F)F)C(F)(F)F)[C@H]3OC3CCCCO3)c2n1. The second-order valence-electron chi connectivity index (χ2n) is 17.9. The number of hydrogen-bond donors (Lipinski definition) is 1. The molecule has 0 saturated carbocycles. The molecular formula is C52H59F6N6O13PS2. The van der Waals surface area contributed by atoms with Crippen LogP contribution in [0.2, 0.25) is 0 Å². The van der Waals surface area contributed by atoms with Crippen molar-refractivity contribution in [3.05, 3.63) is 102 Å². The number of halogens is 6. The number of rotatable bonds is 26. The molecule has 1 amide bonds. The largest absolute Gasteiger partial charge is 0.497 e. The van der Waals surface area contributed by atoms with Crippen molar-refractivity contribution >= 4 is 59.0 Å². The number of amides is 1. The van der Waals surface area contributed by atoms with Gasteiger partial charge >= 0.3 is 25.5 Å². The molecule has 1 N–H and O–H groups in total. The summed E-state index contributed by atoms with van der Waals surface area (Å²) in [6.45, 7) is 2.31. The van der Waals surface area contributed by atoms with Crippen molar-refractivity contribution in [3.63, 3.8) is 0 Å². The number of nitrogens with zero attached hydrogens (tertiary/aromatic N) is 5. The van der Waals surface area contributed by atoms with Gasteiger partial charge < -0.3 is 33.2 Å². The second-order valence-corrected chi connectivity index (χ2v) is 21.6. The number of aromatic nitrogens is 4. The molecule has 2 saturated heterocycles. The van der Waals surface area contributed by atoms with Gasteiger partial charge in [0.05, 0.1) is 46.3 Å². The van der Waals surface area contributed by atoms with Crippen molar-refractivity contribution in [2.75, 3.05) is 50.9 Å². The Bertz CT molecular complexity index is 2840. The van der Waals surface area contributed by atoms with E-state index >= 15 is 0 Å².